The molecular formula is C15H23N. The number of rotatable bonds is 4. The second kappa shape index (κ2) is 5.01. The summed E-state index contributed by atoms with van der Waals surface area (Å²) < 4.78 is 0. The molecule has 1 heteroatoms. The maximum Gasteiger partial charge on any atom is 0.0210 e. The summed E-state index contributed by atoms with van der Waals surface area (Å²) in [6.07, 6.45) is 2.73. The van der Waals surface area contributed by atoms with Crippen LogP contribution in [0.1, 0.15) is 37.8 Å². The van der Waals surface area contributed by atoms with E-state index in [9.17, 15) is 0 Å². The van der Waals surface area contributed by atoms with Gasteiger partial charge in [0.2, 0.25) is 0 Å². The van der Waals surface area contributed by atoms with Gasteiger partial charge < -0.3 is 5.32 Å². The van der Waals surface area contributed by atoms with E-state index < -0.39 is 0 Å². The average Bonchev–Trinajstić information content (AvgIpc) is 2.17. The first-order valence-corrected chi connectivity index (χ1v) is 6.44. The maximum absolute atomic E-state index is 3.66. The van der Waals surface area contributed by atoms with Gasteiger partial charge >= 0.3 is 0 Å². The minimum absolute atomic E-state index is 0.756. The van der Waals surface area contributed by atoms with Crippen LogP contribution in [0.2, 0.25) is 0 Å². The van der Waals surface area contributed by atoms with E-state index in [1.165, 1.54) is 24.0 Å². The van der Waals surface area contributed by atoms with Crippen LogP contribution in [0.5, 0.6) is 0 Å². The van der Waals surface area contributed by atoms with Crippen LogP contribution in [-0.2, 0) is 6.54 Å². The van der Waals surface area contributed by atoms with Crippen LogP contribution >= 0.6 is 0 Å². The van der Waals surface area contributed by atoms with E-state index in [4.69, 9.17) is 0 Å². The molecule has 0 heterocycles. The monoisotopic (exact) mass is 217 g/mol. The Morgan fingerprint density at radius 1 is 1.25 bits per heavy atom. The molecule has 0 spiro atoms. The molecule has 0 amide bonds. The molecule has 1 aromatic rings. The van der Waals surface area contributed by atoms with Crippen molar-refractivity contribution in [1.29, 1.82) is 0 Å². The van der Waals surface area contributed by atoms with Gasteiger partial charge in [0.15, 0.2) is 0 Å². The van der Waals surface area contributed by atoms with Crippen LogP contribution < -0.4 is 5.32 Å². The van der Waals surface area contributed by atoms with Crippen molar-refractivity contribution in [3.05, 3.63) is 35.4 Å². The van der Waals surface area contributed by atoms with E-state index >= 15 is 0 Å². The van der Waals surface area contributed by atoms with Crippen LogP contribution in [0, 0.1) is 18.8 Å². The molecule has 0 atom stereocenters. The van der Waals surface area contributed by atoms with Crippen LogP contribution in [0.25, 0.3) is 0 Å². The van der Waals surface area contributed by atoms with Crippen LogP contribution in [0.3, 0.4) is 0 Å². The van der Waals surface area contributed by atoms with Gasteiger partial charge in [0.1, 0.15) is 0 Å². The van der Waals surface area contributed by atoms with E-state index in [1.807, 2.05) is 0 Å². The fraction of sp³-hybridized carbons (Fsp3) is 0.600. The van der Waals surface area contributed by atoms with E-state index in [2.05, 4.69) is 50.4 Å². The topological polar surface area (TPSA) is 12.0 Å². The number of benzene rings is 1. The largest absolute Gasteiger partial charge is 0.310 e. The third-order valence-electron chi connectivity index (χ3n) is 3.96. The summed E-state index contributed by atoms with van der Waals surface area (Å²) in [5.41, 5.74) is 2.84. The van der Waals surface area contributed by atoms with Gasteiger partial charge in [0.05, 0.1) is 0 Å². The fourth-order valence-corrected chi connectivity index (χ4v) is 2.44. The van der Waals surface area contributed by atoms with Crippen molar-refractivity contribution in [2.24, 2.45) is 11.8 Å². The number of hydrogen-bond acceptors (Lipinski definition) is 1. The summed E-state index contributed by atoms with van der Waals surface area (Å²) in [6, 6.07) is 9.40. The third-order valence-corrected chi connectivity index (χ3v) is 3.96. The third kappa shape index (κ3) is 2.65. The first-order chi connectivity index (χ1) is 7.66. The highest BCUT2D eigenvalue weighted by molar-refractivity contribution is 5.25. The molecular weight excluding hydrogens is 194 g/mol. The Balaban J connectivity index is 1.76. The molecule has 1 N–H and O–H groups in total. The SMILES string of the molecule is Cc1ccccc1CNC1CC(C(C)C)C1. The van der Waals surface area contributed by atoms with Gasteiger partial charge in [-0.25, -0.2) is 0 Å². The first kappa shape index (κ1) is 11.7. The molecule has 16 heavy (non-hydrogen) atoms. The molecule has 0 bridgehead atoms. The summed E-state index contributed by atoms with van der Waals surface area (Å²) in [7, 11) is 0. The van der Waals surface area contributed by atoms with E-state index in [0.717, 1.165) is 24.4 Å². The van der Waals surface area contributed by atoms with Gasteiger partial charge in [-0.05, 0) is 42.7 Å². The van der Waals surface area contributed by atoms with Crippen LogP contribution in [0.4, 0.5) is 0 Å². The Hall–Kier alpha value is -0.820. The van der Waals surface area contributed by atoms with E-state index in [0.29, 0.717) is 0 Å². The van der Waals surface area contributed by atoms with Crippen molar-refractivity contribution in [2.45, 2.75) is 46.2 Å². The Morgan fingerprint density at radius 2 is 1.94 bits per heavy atom. The second-order valence-electron chi connectivity index (χ2n) is 5.48. The zero-order valence-electron chi connectivity index (χ0n) is 10.7. The van der Waals surface area contributed by atoms with Crippen LogP contribution in [0.15, 0.2) is 24.3 Å². The Bertz CT molecular complexity index is 337. The minimum Gasteiger partial charge on any atom is -0.310 e. The van der Waals surface area contributed by atoms with E-state index in [-0.39, 0.29) is 0 Å². The normalized spacial score (nSPS) is 24.5. The van der Waals surface area contributed by atoms with Gasteiger partial charge in [-0.15, -0.1) is 0 Å². The summed E-state index contributed by atoms with van der Waals surface area (Å²) in [5.74, 6) is 1.81. The lowest BCUT2D eigenvalue weighted by atomic mass is 9.73. The molecule has 1 nitrogen and oxygen atoms in total. The van der Waals surface area contributed by atoms with E-state index in [1.54, 1.807) is 0 Å². The summed E-state index contributed by atoms with van der Waals surface area (Å²) >= 11 is 0. The Labute approximate surface area is 99.3 Å². The zero-order chi connectivity index (χ0) is 11.5. The van der Waals surface area contributed by atoms with Gasteiger partial charge in [-0.2, -0.15) is 0 Å². The number of hydrogen-bond donors (Lipinski definition) is 1. The molecule has 0 aliphatic heterocycles. The van der Waals surface area contributed by atoms with Crippen molar-refractivity contribution in [1.82, 2.24) is 5.32 Å². The fourth-order valence-electron chi connectivity index (χ4n) is 2.44. The van der Waals surface area contributed by atoms with Gasteiger partial charge in [0, 0.05) is 12.6 Å². The van der Waals surface area contributed by atoms with Gasteiger partial charge in [0.25, 0.3) is 0 Å². The zero-order valence-corrected chi connectivity index (χ0v) is 10.7. The summed E-state index contributed by atoms with van der Waals surface area (Å²) in [4.78, 5) is 0. The lowest BCUT2D eigenvalue weighted by Gasteiger charge is -2.38. The highest BCUT2D eigenvalue weighted by Gasteiger charge is 2.30. The van der Waals surface area contributed by atoms with Crippen molar-refractivity contribution in [2.75, 3.05) is 0 Å². The van der Waals surface area contributed by atoms with Crippen molar-refractivity contribution < 1.29 is 0 Å². The molecule has 0 radical (unpaired) electrons. The predicted octanol–water partition coefficient (Wildman–Crippen LogP) is 3.52. The molecule has 1 saturated carbocycles. The lowest BCUT2D eigenvalue weighted by molar-refractivity contribution is 0.167. The molecule has 0 aromatic heterocycles. The maximum atomic E-state index is 3.66. The molecule has 0 unspecified atom stereocenters. The highest BCUT2D eigenvalue weighted by Crippen LogP contribution is 2.33. The minimum atomic E-state index is 0.756. The predicted molar refractivity (Wildman–Crippen MR) is 69.4 cm³/mol. The van der Waals surface area contributed by atoms with Gasteiger partial charge in [-0.1, -0.05) is 38.1 Å². The number of aryl methyl sites for hydroxylation is 1. The smallest absolute Gasteiger partial charge is 0.0210 e. The van der Waals surface area contributed by atoms with Crippen molar-refractivity contribution in [3.63, 3.8) is 0 Å². The molecule has 2 rings (SSSR count). The first-order valence-electron chi connectivity index (χ1n) is 6.44. The number of nitrogens with one attached hydrogen (secondary N) is 1. The second-order valence-corrected chi connectivity index (χ2v) is 5.48. The summed E-state index contributed by atoms with van der Waals surface area (Å²) in [6.45, 7) is 7.89. The quantitative estimate of drug-likeness (QED) is 0.813. The van der Waals surface area contributed by atoms with Gasteiger partial charge in [-0.3, -0.25) is 0 Å². The molecule has 88 valence electrons. The van der Waals surface area contributed by atoms with Crippen LogP contribution in [-0.4, -0.2) is 6.04 Å². The molecule has 0 saturated heterocycles. The standard InChI is InChI=1S/C15H23N/c1-11(2)14-8-15(9-14)16-10-13-7-5-4-6-12(13)3/h4-7,11,14-16H,8-10H2,1-3H3. The molecule has 1 aromatic carbocycles. The van der Waals surface area contributed by atoms with Crippen molar-refractivity contribution in [3.8, 4) is 0 Å². The summed E-state index contributed by atoms with van der Waals surface area (Å²) in [5, 5.41) is 3.66. The Morgan fingerprint density at radius 3 is 2.56 bits per heavy atom. The molecule has 1 aliphatic carbocycles. The lowest BCUT2D eigenvalue weighted by Crippen LogP contribution is -2.42. The van der Waals surface area contributed by atoms with Crippen molar-refractivity contribution >= 4 is 0 Å². The molecule has 1 fully saturated rings. The average molecular weight is 217 g/mol. The molecule has 1 aliphatic rings. The highest BCUT2D eigenvalue weighted by atomic mass is 14.9. The Kier molecular flexibility index (Phi) is 3.65.